The third kappa shape index (κ3) is 3.65. The zero-order valence-corrected chi connectivity index (χ0v) is 13.1. The maximum Gasteiger partial charge on any atom is 0.306 e. The highest BCUT2D eigenvalue weighted by Gasteiger charge is 2.22. The minimum absolute atomic E-state index is 0.121. The monoisotopic (exact) mass is 319 g/mol. The molecule has 5 nitrogen and oxygen atoms in total. The molecule has 0 radical (unpaired) electrons. The summed E-state index contributed by atoms with van der Waals surface area (Å²) >= 11 is 0. The van der Waals surface area contributed by atoms with Crippen LogP contribution >= 0.6 is 0 Å². The smallest absolute Gasteiger partial charge is 0.306 e. The molecule has 0 aliphatic carbocycles. The number of carbonyl (C=O) groups excluding carboxylic acids is 1. The van der Waals surface area contributed by atoms with Gasteiger partial charge >= 0.3 is 10.1 Å². The Morgan fingerprint density at radius 3 is 2.27 bits per heavy atom. The maximum atomic E-state index is 11.7. The number of carbonyl (C=O) groups is 1. The second-order valence-corrected chi connectivity index (χ2v) is 6.58. The Hall–Kier alpha value is -2.34. The summed E-state index contributed by atoms with van der Waals surface area (Å²) < 4.78 is 27.9. The molecule has 0 saturated heterocycles. The first-order valence-corrected chi connectivity index (χ1v) is 8.48. The lowest BCUT2D eigenvalue weighted by atomic mass is 9.88. The van der Waals surface area contributed by atoms with Crippen molar-refractivity contribution in [3.05, 3.63) is 65.2 Å². The number of primary amides is 1. The highest BCUT2D eigenvalue weighted by Crippen LogP contribution is 2.35. The van der Waals surface area contributed by atoms with Crippen molar-refractivity contribution < 1.29 is 17.4 Å². The first-order valence-electron chi connectivity index (χ1n) is 6.66. The van der Waals surface area contributed by atoms with Crippen molar-refractivity contribution in [1.82, 2.24) is 0 Å². The lowest BCUT2D eigenvalue weighted by Gasteiger charge is -2.19. The molecule has 0 aliphatic heterocycles. The van der Waals surface area contributed by atoms with Gasteiger partial charge in [-0.25, -0.2) is 0 Å². The molecule has 116 valence electrons. The minimum Gasteiger partial charge on any atom is -0.382 e. The summed E-state index contributed by atoms with van der Waals surface area (Å²) in [7, 11) is -3.71. The highest BCUT2D eigenvalue weighted by molar-refractivity contribution is 7.86. The molecular weight excluding hydrogens is 302 g/mol. The van der Waals surface area contributed by atoms with Crippen LogP contribution in [0.15, 0.2) is 48.5 Å². The number of hydrogen-bond donors (Lipinski definition) is 1. The van der Waals surface area contributed by atoms with Crippen LogP contribution in [0.1, 0.15) is 34.3 Å². The number of hydrogen-bond acceptors (Lipinski definition) is 4. The fourth-order valence-electron chi connectivity index (χ4n) is 2.35. The molecular formula is C16H17NO4S. The first-order chi connectivity index (χ1) is 10.3. The van der Waals surface area contributed by atoms with Gasteiger partial charge in [-0.1, -0.05) is 43.3 Å². The summed E-state index contributed by atoms with van der Waals surface area (Å²) in [6, 6.07) is 14.0. The molecule has 2 N–H and O–H groups in total. The van der Waals surface area contributed by atoms with E-state index < -0.39 is 16.0 Å². The fraction of sp³-hybridized carbons (Fsp3) is 0.188. The van der Waals surface area contributed by atoms with Crippen molar-refractivity contribution in [2.24, 2.45) is 5.73 Å². The van der Waals surface area contributed by atoms with Crippen LogP contribution in [0.25, 0.3) is 0 Å². The largest absolute Gasteiger partial charge is 0.382 e. The SMILES string of the molecule is CC(c1ccccc1)c1c(OS(C)(=O)=O)cccc1C(N)=O. The predicted molar refractivity (Wildman–Crippen MR) is 84.4 cm³/mol. The Morgan fingerprint density at radius 1 is 1.09 bits per heavy atom. The second kappa shape index (κ2) is 6.19. The molecule has 6 heteroatoms. The Kier molecular flexibility index (Phi) is 4.51. The van der Waals surface area contributed by atoms with E-state index in [-0.39, 0.29) is 17.2 Å². The molecule has 0 aliphatic rings. The molecule has 0 aromatic heterocycles. The zero-order chi connectivity index (χ0) is 16.3. The van der Waals surface area contributed by atoms with Crippen LogP contribution < -0.4 is 9.92 Å². The molecule has 1 unspecified atom stereocenters. The molecule has 22 heavy (non-hydrogen) atoms. The van der Waals surface area contributed by atoms with Crippen molar-refractivity contribution in [3.8, 4) is 5.75 Å². The Balaban J connectivity index is 2.62. The van der Waals surface area contributed by atoms with Gasteiger partial charge in [-0.15, -0.1) is 0 Å². The molecule has 0 fully saturated rings. The molecule has 2 aromatic carbocycles. The van der Waals surface area contributed by atoms with Gasteiger partial charge in [0, 0.05) is 17.0 Å². The average molecular weight is 319 g/mol. The quantitative estimate of drug-likeness (QED) is 0.857. The van der Waals surface area contributed by atoms with E-state index >= 15 is 0 Å². The van der Waals surface area contributed by atoms with Gasteiger partial charge in [0.05, 0.1) is 6.26 Å². The van der Waals surface area contributed by atoms with Gasteiger partial charge in [0.25, 0.3) is 0 Å². The van der Waals surface area contributed by atoms with Crippen molar-refractivity contribution in [2.45, 2.75) is 12.8 Å². The Labute approximate surface area is 129 Å². The van der Waals surface area contributed by atoms with Gasteiger partial charge < -0.3 is 9.92 Å². The third-order valence-electron chi connectivity index (χ3n) is 3.31. The number of nitrogens with two attached hydrogens (primary N) is 1. The summed E-state index contributed by atoms with van der Waals surface area (Å²) in [4.78, 5) is 11.7. The summed E-state index contributed by atoms with van der Waals surface area (Å²) in [5, 5.41) is 0. The van der Waals surface area contributed by atoms with Crippen LogP contribution in [0.2, 0.25) is 0 Å². The summed E-state index contributed by atoms with van der Waals surface area (Å²) in [5.41, 5.74) is 7.06. The molecule has 2 rings (SSSR count). The number of amides is 1. The minimum atomic E-state index is -3.71. The van der Waals surface area contributed by atoms with Crippen molar-refractivity contribution >= 4 is 16.0 Å². The molecule has 2 aromatic rings. The normalized spacial score (nSPS) is 12.6. The van der Waals surface area contributed by atoms with Gasteiger partial charge in [-0.2, -0.15) is 8.42 Å². The lowest BCUT2D eigenvalue weighted by molar-refractivity contribution is 0.0999. The lowest BCUT2D eigenvalue weighted by Crippen LogP contribution is -2.17. The first kappa shape index (κ1) is 16.0. The van der Waals surface area contributed by atoms with E-state index in [2.05, 4.69) is 0 Å². The highest BCUT2D eigenvalue weighted by atomic mass is 32.2. The second-order valence-electron chi connectivity index (χ2n) is 5.00. The maximum absolute atomic E-state index is 11.7. The summed E-state index contributed by atoms with van der Waals surface area (Å²) in [5.74, 6) is -0.756. The van der Waals surface area contributed by atoms with Crippen LogP contribution in [0.4, 0.5) is 0 Å². The van der Waals surface area contributed by atoms with E-state index in [1.165, 1.54) is 6.07 Å². The van der Waals surface area contributed by atoms with Crippen molar-refractivity contribution in [3.63, 3.8) is 0 Å². The van der Waals surface area contributed by atoms with Gasteiger partial charge in [-0.3, -0.25) is 4.79 Å². The average Bonchev–Trinajstić information content (AvgIpc) is 2.45. The van der Waals surface area contributed by atoms with Crippen LogP contribution in [-0.2, 0) is 10.1 Å². The van der Waals surface area contributed by atoms with Crippen molar-refractivity contribution in [2.75, 3.05) is 6.26 Å². The van der Waals surface area contributed by atoms with E-state index in [0.717, 1.165) is 11.8 Å². The molecule has 0 saturated carbocycles. The summed E-state index contributed by atoms with van der Waals surface area (Å²) in [6.45, 7) is 1.87. The number of benzene rings is 2. The zero-order valence-electron chi connectivity index (χ0n) is 12.3. The van der Waals surface area contributed by atoms with Crippen LogP contribution in [0.3, 0.4) is 0 Å². The van der Waals surface area contributed by atoms with Crippen LogP contribution in [0.5, 0.6) is 5.75 Å². The van der Waals surface area contributed by atoms with E-state index in [0.29, 0.717) is 5.56 Å². The molecule has 0 bridgehead atoms. The summed E-state index contributed by atoms with van der Waals surface area (Å²) in [6.07, 6.45) is 0.959. The third-order valence-corrected chi connectivity index (χ3v) is 3.79. The molecule has 0 heterocycles. The number of rotatable bonds is 5. The Bertz CT molecular complexity index is 785. The van der Waals surface area contributed by atoms with E-state index in [1.807, 2.05) is 37.3 Å². The van der Waals surface area contributed by atoms with Gasteiger partial charge in [0.15, 0.2) is 0 Å². The topological polar surface area (TPSA) is 86.5 Å². The van der Waals surface area contributed by atoms with Gasteiger partial charge in [0.1, 0.15) is 5.75 Å². The van der Waals surface area contributed by atoms with Crippen LogP contribution in [0, 0.1) is 0 Å². The van der Waals surface area contributed by atoms with Gasteiger partial charge in [0.2, 0.25) is 5.91 Å². The molecule has 1 amide bonds. The fourth-order valence-corrected chi connectivity index (χ4v) is 2.82. The van der Waals surface area contributed by atoms with Crippen molar-refractivity contribution in [1.29, 1.82) is 0 Å². The van der Waals surface area contributed by atoms with Crippen LogP contribution in [-0.4, -0.2) is 20.6 Å². The van der Waals surface area contributed by atoms with E-state index in [9.17, 15) is 13.2 Å². The standard InChI is InChI=1S/C16H17NO4S/c1-11(12-7-4-3-5-8-12)15-13(16(17)18)9-6-10-14(15)21-22(2,19)20/h3-11H,1-2H3,(H2,17,18). The van der Waals surface area contributed by atoms with Gasteiger partial charge in [-0.05, 0) is 17.7 Å². The molecule has 0 spiro atoms. The molecule has 1 atom stereocenters. The predicted octanol–water partition coefficient (Wildman–Crippen LogP) is 2.28. The Morgan fingerprint density at radius 2 is 1.73 bits per heavy atom. The van der Waals surface area contributed by atoms with E-state index in [4.69, 9.17) is 9.92 Å². The van der Waals surface area contributed by atoms with E-state index in [1.54, 1.807) is 12.1 Å².